The molecule has 2 rings (SSSR count). The van der Waals surface area contributed by atoms with Crippen molar-refractivity contribution in [2.24, 2.45) is 25.3 Å². The van der Waals surface area contributed by atoms with Crippen LogP contribution in [0.2, 0.25) is 0 Å². The molecule has 6 N–H and O–H groups in total. The summed E-state index contributed by atoms with van der Waals surface area (Å²) in [6.07, 6.45) is 0. The molecule has 1 aliphatic rings. The van der Waals surface area contributed by atoms with Gasteiger partial charge >= 0.3 is 0 Å². The van der Waals surface area contributed by atoms with Gasteiger partial charge in [0.25, 0.3) is 11.2 Å². The fourth-order valence-electron chi connectivity index (χ4n) is 1.49. The van der Waals surface area contributed by atoms with E-state index in [1.165, 1.54) is 11.3 Å². The van der Waals surface area contributed by atoms with Crippen molar-refractivity contribution in [3.8, 4) is 0 Å². The van der Waals surface area contributed by atoms with Gasteiger partial charge < -0.3 is 22.1 Å². The predicted octanol–water partition coefficient (Wildman–Crippen LogP) is -0.520. The summed E-state index contributed by atoms with van der Waals surface area (Å²) in [5, 5.41) is 8.44. The van der Waals surface area contributed by atoms with E-state index in [2.05, 4.69) is 29.4 Å². The molecule has 1 unspecified atom stereocenters. The molecular formula is C10H16N8OS3. The molecule has 12 heteroatoms. The molecule has 0 amide bonds. The van der Waals surface area contributed by atoms with Crippen LogP contribution in [0.15, 0.2) is 19.2 Å². The zero-order valence-corrected chi connectivity index (χ0v) is 14.2. The lowest BCUT2D eigenvalue weighted by Crippen LogP contribution is -2.37. The van der Waals surface area contributed by atoms with Gasteiger partial charge in [-0.25, -0.2) is 9.19 Å². The van der Waals surface area contributed by atoms with Crippen LogP contribution in [0.3, 0.4) is 0 Å². The molecule has 0 aromatic carbocycles. The van der Waals surface area contributed by atoms with Crippen LogP contribution in [0.25, 0.3) is 0 Å². The lowest BCUT2D eigenvalue weighted by atomic mass is 10.5. The maximum absolute atomic E-state index is 11.2. The van der Waals surface area contributed by atoms with Crippen molar-refractivity contribution in [1.29, 1.82) is 0 Å². The van der Waals surface area contributed by atoms with E-state index < -0.39 is 11.2 Å². The highest BCUT2D eigenvalue weighted by atomic mass is 32.2. The van der Waals surface area contributed by atoms with Gasteiger partial charge in [-0.3, -0.25) is 0 Å². The third kappa shape index (κ3) is 4.96. The average molecular weight is 360 g/mol. The average Bonchev–Trinajstić information content (AvgIpc) is 3.04. The van der Waals surface area contributed by atoms with E-state index in [-0.39, 0.29) is 5.96 Å². The SMILES string of the molecule is CNC1=NS(=O)N=C1NCCSCc1csc(N=C(N)N)n1. The summed E-state index contributed by atoms with van der Waals surface area (Å²) in [6.45, 7) is 0.687. The summed E-state index contributed by atoms with van der Waals surface area (Å²) >= 11 is 1.59. The van der Waals surface area contributed by atoms with Crippen LogP contribution in [-0.4, -0.2) is 46.2 Å². The molecule has 1 aromatic heterocycles. The smallest absolute Gasteiger partial charge is 0.269 e. The first kappa shape index (κ1) is 16.7. The second-order valence-corrected chi connectivity index (χ2v) is 6.77. The van der Waals surface area contributed by atoms with Gasteiger partial charge in [-0.05, 0) is 0 Å². The lowest BCUT2D eigenvalue weighted by molar-refractivity contribution is 0.686. The third-order valence-electron chi connectivity index (χ3n) is 2.35. The van der Waals surface area contributed by atoms with Gasteiger partial charge in [0.05, 0.1) is 5.69 Å². The first-order valence-electron chi connectivity index (χ1n) is 6.21. The molecule has 0 spiro atoms. The van der Waals surface area contributed by atoms with Crippen LogP contribution in [-0.2, 0) is 16.9 Å². The van der Waals surface area contributed by atoms with Gasteiger partial charge in [0.2, 0.25) is 5.13 Å². The number of nitrogens with two attached hydrogens (primary N) is 2. The quantitative estimate of drug-likeness (QED) is 0.303. The van der Waals surface area contributed by atoms with Gasteiger partial charge in [0.1, 0.15) is 0 Å². The molecule has 0 fully saturated rings. The van der Waals surface area contributed by atoms with Gasteiger partial charge in [-0.15, -0.1) is 20.1 Å². The van der Waals surface area contributed by atoms with Crippen molar-refractivity contribution in [2.75, 3.05) is 19.3 Å². The van der Waals surface area contributed by atoms with Crippen molar-refractivity contribution < 1.29 is 4.21 Å². The number of hydrogen-bond acceptors (Lipinski definition) is 7. The molecule has 9 nitrogen and oxygen atoms in total. The number of aromatic nitrogens is 1. The number of likely N-dealkylation sites (N-methyl/N-ethyl adjacent to an activating group) is 1. The number of nitrogens with one attached hydrogen (secondary N) is 2. The van der Waals surface area contributed by atoms with E-state index in [4.69, 9.17) is 11.5 Å². The fourth-order valence-corrected chi connectivity index (χ4v) is 3.73. The number of thiazole rings is 1. The standard InChI is InChI=1S/C10H16N8OS3/c1-13-7-8(18-22(19)17-7)14-2-3-20-4-6-5-21-10(15-6)16-9(11)12/h5H,2-4H2,1H3,(H,13,17)(H,14,18)(H4,11,12,15,16). The molecule has 0 aliphatic carbocycles. The Labute approximate surface area is 138 Å². The molecule has 1 aromatic rings. The largest absolute Gasteiger partial charge is 0.370 e. The monoisotopic (exact) mass is 360 g/mol. The second-order valence-electron chi connectivity index (χ2n) is 4.00. The predicted molar refractivity (Wildman–Crippen MR) is 93.8 cm³/mol. The number of rotatable bonds is 6. The Hall–Kier alpha value is -1.66. The maximum atomic E-state index is 11.2. The third-order valence-corrected chi connectivity index (χ3v) is 4.81. The van der Waals surface area contributed by atoms with Crippen molar-refractivity contribution in [1.82, 2.24) is 15.6 Å². The van der Waals surface area contributed by atoms with Crippen LogP contribution in [0.5, 0.6) is 0 Å². The highest BCUT2D eigenvalue weighted by Gasteiger charge is 2.16. The molecule has 1 aliphatic heterocycles. The fraction of sp³-hybridized carbons (Fsp3) is 0.400. The van der Waals surface area contributed by atoms with Crippen molar-refractivity contribution in [3.05, 3.63) is 11.1 Å². The molecule has 0 bridgehead atoms. The highest BCUT2D eigenvalue weighted by Crippen LogP contribution is 2.21. The Balaban J connectivity index is 1.69. The Kier molecular flexibility index (Phi) is 6.15. The van der Waals surface area contributed by atoms with Gasteiger partial charge in [0, 0.05) is 30.5 Å². The van der Waals surface area contributed by atoms with Crippen LogP contribution in [0, 0.1) is 0 Å². The molecule has 120 valence electrons. The van der Waals surface area contributed by atoms with Crippen molar-refractivity contribution >= 4 is 57.0 Å². The maximum Gasteiger partial charge on any atom is 0.269 e. The Morgan fingerprint density at radius 1 is 1.45 bits per heavy atom. The van der Waals surface area contributed by atoms with Crippen LogP contribution in [0.4, 0.5) is 5.13 Å². The Morgan fingerprint density at radius 2 is 2.23 bits per heavy atom. The van der Waals surface area contributed by atoms with E-state index in [1.54, 1.807) is 18.8 Å². The summed E-state index contributed by atoms with van der Waals surface area (Å²) in [4.78, 5) is 8.19. The number of guanidine groups is 1. The number of aliphatic imine (C=N–C) groups is 1. The first-order valence-corrected chi connectivity index (χ1v) is 9.31. The van der Waals surface area contributed by atoms with Crippen molar-refractivity contribution in [2.45, 2.75) is 5.75 Å². The normalized spacial score (nSPS) is 16.9. The highest BCUT2D eigenvalue weighted by molar-refractivity contribution is 7.98. The topological polar surface area (TPSA) is 143 Å². The Morgan fingerprint density at radius 3 is 2.95 bits per heavy atom. The summed E-state index contributed by atoms with van der Waals surface area (Å²) < 4.78 is 18.9. The summed E-state index contributed by atoms with van der Waals surface area (Å²) in [5.41, 5.74) is 11.5. The summed E-state index contributed by atoms with van der Waals surface area (Å²) in [7, 11) is 1.71. The van der Waals surface area contributed by atoms with E-state index in [0.717, 1.165) is 17.2 Å². The molecule has 0 saturated heterocycles. The summed E-state index contributed by atoms with van der Waals surface area (Å²) in [5.74, 6) is 2.67. The minimum atomic E-state index is -1.52. The van der Waals surface area contributed by atoms with E-state index >= 15 is 0 Å². The lowest BCUT2D eigenvalue weighted by Gasteiger charge is -2.06. The molecule has 22 heavy (non-hydrogen) atoms. The van der Waals surface area contributed by atoms with Crippen molar-refractivity contribution in [3.63, 3.8) is 0 Å². The van der Waals surface area contributed by atoms with Crippen LogP contribution >= 0.6 is 23.1 Å². The number of hydrogen-bond donors (Lipinski definition) is 4. The summed E-state index contributed by atoms with van der Waals surface area (Å²) in [6, 6.07) is 0. The van der Waals surface area contributed by atoms with E-state index in [9.17, 15) is 4.21 Å². The van der Waals surface area contributed by atoms with Gasteiger partial charge in [-0.2, -0.15) is 16.8 Å². The minimum absolute atomic E-state index is 0.00878. The van der Waals surface area contributed by atoms with E-state index in [1.807, 2.05) is 5.38 Å². The number of nitrogens with zero attached hydrogens (tertiary/aromatic N) is 4. The number of thioether (sulfide) groups is 1. The molecule has 2 heterocycles. The molecular weight excluding hydrogens is 344 g/mol. The Bertz CT molecular complexity index is 634. The first-order chi connectivity index (χ1) is 10.6. The van der Waals surface area contributed by atoms with Gasteiger partial charge in [-0.1, -0.05) is 0 Å². The molecule has 0 saturated carbocycles. The zero-order valence-electron chi connectivity index (χ0n) is 11.8. The minimum Gasteiger partial charge on any atom is -0.370 e. The van der Waals surface area contributed by atoms with Gasteiger partial charge in [0.15, 0.2) is 17.6 Å². The number of amidine groups is 2. The van der Waals surface area contributed by atoms with Crippen LogP contribution < -0.4 is 22.1 Å². The second kappa shape index (κ2) is 8.10. The molecule has 0 radical (unpaired) electrons. The van der Waals surface area contributed by atoms with Crippen LogP contribution in [0.1, 0.15) is 5.69 Å². The van der Waals surface area contributed by atoms with E-state index in [0.29, 0.717) is 23.3 Å². The zero-order chi connectivity index (χ0) is 15.9. The molecule has 1 atom stereocenters.